The van der Waals surface area contributed by atoms with Crippen LogP contribution in [0.5, 0.6) is 0 Å². The molecule has 0 amide bonds. The molecular weight excluding hydrogens is 241 g/mol. The van der Waals surface area contributed by atoms with E-state index in [1.807, 2.05) is 0 Å². The van der Waals surface area contributed by atoms with Crippen molar-refractivity contribution in [2.75, 3.05) is 38.6 Å². The van der Waals surface area contributed by atoms with Crippen molar-refractivity contribution in [1.29, 1.82) is 0 Å². The molecule has 0 bridgehead atoms. The van der Waals surface area contributed by atoms with Crippen LogP contribution in [0.2, 0.25) is 0 Å². The van der Waals surface area contributed by atoms with Gasteiger partial charge in [0.15, 0.2) is 0 Å². The van der Waals surface area contributed by atoms with Gasteiger partial charge in [-0.25, -0.2) is 4.39 Å². The Bertz CT molecular complexity index is 412. The van der Waals surface area contributed by atoms with Crippen molar-refractivity contribution in [2.24, 2.45) is 5.73 Å². The molecule has 1 fully saturated rings. The lowest BCUT2D eigenvalue weighted by molar-refractivity contribution is 0.249. The van der Waals surface area contributed by atoms with Crippen molar-refractivity contribution in [3.63, 3.8) is 0 Å². The average Bonchev–Trinajstić information content (AvgIpc) is 2.38. The molecule has 2 rings (SSSR count). The Balaban J connectivity index is 2.06. The van der Waals surface area contributed by atoms with Crippen molar-refractivity contribution in [3.8, 4) is 0 Å². The Hall–Kier alpha value is -1.13. The number of hydrogen-bond acceptors (Lipinski definition) is 3. The third kappa shape index (κ3) is 3.67. The molecule has 1 aliphatic rings. The largest absolute Gasteiger partial charge is 0.371 e. The van der Waals surface area contributed by atoms with E-state index in [1.165, 1.54) is 0 Å². The SMILES string of the molecule is CN(C)C1CCN(c2cc(F)cc(CCN)c2)CC1. The number of nitrogens with zero attached hydrogens (tertiary/aromatic N) is 2. The molecule has 1 aliphatic heterocycles. The van der Waals surface area contributed by atoms with Crippen LogP contribution in [-0.4, -0.2) is 44.7 Å². The summed E-state index contributed by atoms with van der Waals surface area (Å²) in [6.45, 7) is 2.55. The lowest BCUT2D eigenvalue weighted by Gasteiger charge is -2.36. The first-order chi connectivity index (χ1) is 9.10. The van der Waals surface area contributed by atoms with E-state index >= 15 is 0 Å². The number of rotatable bonds is 4. The Labute approximate surface area is 115 Å². The van der Waals surface area contributed by atoms with Gasteiger partial charge >= 0.3 is 0 Å². The number of halogens is 1. The topological polar surface area (TPSA) is 32.5 Å². The van der Waals surface area contributed by atoms with Crippen LogP contribution in [0.1, 0.15) is 18.4 Å². The van der Waals surface area contributed by atoms with E-state index in [1.54, 1.807) is 12.1 Å². The van der Waals surface area contributed by atoms with Gasteiger partial charge in [-0.05, 0) is 63.7 Å². The van der Waals surface area contributed by atoms with Crippen molar-refractivity contribution in [3.05, 3.63) is 29.6 Å². The van der Waals surface area contributed by atoms with E-state index in [0.717, 1.165) is 43.6 Å². The Morgan fingerprint density at radius 3 is 2.53 bits per heavy atom. The fourth-order valence-corrected chi connectivity index (χ4v) is 2.77. The first-order valence-corrected chi connectivity index (χ1v) is 7.01. The van der Waals surface area contributed by atoms with Gasteiger partial charge < -0.3 is 15.5 Å². The molecule has 0 atom stereocenters. The van der Waals surface area contributed by atoms with Crippen molar-refractivity contribution >= 4 is 5.69 Å². The maximum absolute atomic E-state index is 13.6. The minimum absolute atomic E-state index is 0.157. The zero-order valence-corrected chi connectivity index (χ0v) is 11.9. The quantitative estimate of drug-likeness (QED) is 0.902. The zero-order valence-electron chi connectivity index (χ0n) is 11.9. The number of hydrogen-bond donors (Lipinski definition) is 1. The molecule has 0 unspecified atom stereocenters. The minimum Gasteiger partial charge on any atom is -0.371 e. The molecule has 3 nitrogen and oxygen atoms in total. The van der Waals surface area contributed by atoms with Gasteiger partial charge in [0.25, 0.3) is 0 Å². The summed E-state index contributed by atoms with van der Waals surface area (Å²) in [5.74, 6) is -0.157. The third-order valence-electron chi connectivity index (χ3n) is 3.94. The molecular formula is C15H24FN3. The van der Waals surface area contributed by atoms with Crippen LogP contribution in [0.25, 0.3) is 0 Å². The van der Waals surface area contributed by atoms with Gasteiger partial charge in [0.1, 0.15) is 5.82 Å². The van der Waals surface area contributed by atoms with E-state index in [4.69, 9.17) is 5.73 Å². The van der Waals surface area contributed by atoms with E-state index < -0.39 is 0 Å². The maximum atomic E-state index is 13.6. The predicted octanol–water partition coefficient (Wildman–Crippen LogP) is 1.86. The highest BCUT2D eigenvalue weighted by atomic mass is 19.1. The summed E-state index contributed by atoms with van der Waals surface area (Å²) < 4.78 is 13.6. The van der Waals surface area contributed by atoms with Crippen LogP contribution in [0, 0.1) is 5.82 Å². The van der Waals surface area contributed by atoms with Gasteiger partial charge in [0.05, 0.1) is 0 Å². The predicted molar refractivity (Wildman–Crippen MR) is 78.1 cm³/mol. The molecule has 0 spiro atoms. The first kappa shape index (κ1) is 14.3. The van der Waals surface area contributed by atoms with Crippen LogP contribution in [0.15, 0.2) is 18.2 Å². The Kier molecular flexibility index (Phi) is 4.77. The van der Waals surface area contributed by atoms with Gasteiger partial charge in [-0.3, -0.25) is 0 Å². The number of anilines is 1. The number of nitrogens with two attached hydrogens (primary N) is 1. The zero-order chi connectivity index (χ0) is 13.8. The molecule has 0 radical (unpaired) electrons. The molecule has 0 saturated carbocycles. The number of piperidine rings is 1. The highest BCUT2D eigenvalue weighted by molar-refractivity contribution is 5.49. The van der Waals surface area contributed by atoms with Gasteiger partial charge in [0, 0.05) is 24.8 Å². The van der Waals surface area contributed by atoms with E-state index in [-0.39, 0.29) is 5.82 Å². The summed E-state index contributed by atoms with van der Waals surface area (Å²) in [6.07, 6.45) is 3.00. The van der Waals surface area contributed by atoms with Gasteiger partial charge in [0.2, 0.25) is 0 Å². The summed E-state index contributed by atoms with van der Waals surface area (Å²) in [5.41, 5.74) is 7.54. The summed E-state index contributed by atoms with van der Waals surface area (Å²) >= 11 is 0. The standard InChI is InChI=1S/C15H24FN3/c1-18(2)14-4-7-19(8-5-14)15-10-12(3-6-17)9-13(16)11-15/h9-11,14H,3-8,17H2,1-2H3. The van der Waals surface area contributed by atoms with Gasteiger partial charge in [-0.2, -0.15) is 0 Å². The molecule has 2 N–H and O–H groups in total. The molecule has 1 saturated heterocycles. The second-order valence-corrected chi connectivity index (χ2v) is 5.54. The summed E-state index contributed by atoms with van der Waals surface area (Å²) in [6, 6.07) is 5.94. The normalized spacial score (nSPS) is 17.2. The van der Waals surface area contributed by atoms with Gasteiger partial charge in [-0.15, -0.1) is 0 Å². The van der Waals surface area contributed by atoms with Crippen molar-refractivity contribution in [1.82, 2.24) is 4.90 Å². The van der Waals surface area contributed by atoms with Crippen molar-refractivity contribution < 1.29 is 4.39 Å². The lowest BCUT2D eigenvalue weighted by Crippen LogP contribution is -2.42. The highest BCUT2D eigenvalue weighted by Gasteiger charge is 2.21. The van der Waals surface area contributed by atoms with E-state index in [9.17, 15) is 4.39 Å². The molecule has 1 aromatic carbocycles. The molecule has 1 aromatic rings. The fraction of sp³-hybridized carbons (Fsp3) is 0.600. The highest BCUT2D eigenvalue weighted by Crippen LogP contribution is 2.24. The Morgan fingerprint density at radius 2 is 1.95 bits per heavy atom. The fourth-order valence-electron chi connectivity index (χ4n) is 2.77. The molecule has 0 aliphatic carbocycles. The summed E-state index contributed by atoms with van der Waals surface area (Å²) in [5, 5.41) is 0. The number of benzene rings is 1. The third-order valence-corrected chi connectivity index (χ3v) is 3.94. The average molecular weight is 265 g/mol. The maximum Gasteiger partial charge on any atom is 0.125 e. The second kappa shape index (κ2) is 6.35. The van der Waals surface area contributed by atoms with Gasteiger partial charge in [-0.1, -0.05) is 0 Å². The van der Waals surface area contributed by atoms with Crippen molar-refractivity contribution in [2.45, 2.75) is 25.3 Å². The van der Waals surface area contributed by atoms with E-state index in [2.05, 4.69) is 30.0 Å². The molecule has 4 heteroatoms. The molecule has 106 valence electrons. The van der Waals surface area contributed by atoms with Crippen LogP contribution in [-0.2, 0) is 6.42 Å². The first-order valence-electron chi connectivity index (χ1n) is 7.01. The van der Waals surface area contributed by atoms with E-state index in [0.29, 0.717) is 12.6 Å². The van der Waals surface area contributed by atoms with Crippen LogP contribution >= 0.6 is 0 Å². The minimum atomic E-state index is -0.157. The van der Waals surface area contributed by atoms with Crippen LogP contribution in [0.3, 0.4) is 0 Å². The second-order valence-electron chi connectivity index (χ2n) is 5.54. The lowest BCUT2D eigenvalue weighted by atomic mass is 10.0. The Morgan fingerprint density at radius 1 is 1.26 bits per heavy atom. The molecule has 0 aromatic heterocycles. The van der Waals surface area contributed by atoms with Crippen LogP contribution < -0.4 is 10.6 Å². The summed E-state index contributed by atoms with van der Waals surface area (Å²) in [7, 11) is 4.25. The van der Waals surface area contributed by atoms with Crippen LogP contribution in [0.4, 0.5) is 10.1 Å². The summed E-state index contributed by atoms with van der Waals surface area (Å²) in [4.78, 5) is 4.56. The molecule has 1 heterocycles. The smallest absolute Gasteiger partial charge is 0.125 e. The monoisotopic (exact) mass is 265 g/mol. The molecule has 19 heavy (non-hydrogen) atoms.